The number of amides is 1. The van der Waals surface area contributed by atoms with E-state index in [4.69, 9.17) is 4.74 Å². The molecule has 37 heavy (non-hydrogen) atoms. The van der Waals surface area contributed by atoms with Crippen molar-refractivity contribution in [3.05, 3.63) is 77.9 Å². The lowest BCUT2D eigenvalue weighted by Crippen LogP contribution is -2.45. The van der Waals surface area contributed by atoms with E-state index in [2.05, 4.69) is 10.0 Å². The molecule has 198 valence electrons. The van der Waals surface area contributed by atoms with Crippen molar-refractivity contribution in [1.82, 2.24) is 0 Å². The van der Waals surface area contributed by atoms with Crippen LogP contribution < -0.4 is 19.1 Å². The van der Waals surface area contributed by atoms with E-state index in [1.807, 2.05) is 20.8 Å². The number of benzene rings is 3. The van der Waals surface area contributed by atoms with E-state index in [-0.39, 0.29) is 4.90 Å². The molecule has 0 saturated carbocycles. The fraction of sp³-hybridized carbons (Fsp3) is 0.269. The summed E-state index contributed by atoms with van der Waals surface area (Å²) in [5.41, 5.74) is 2.98. The van der Waals surface area contributed by atoms with Gasteiger partial charge in [0.1, 0.15) is 11.8 Å². The molecule has 0 radical (unpaired) electrons. The first-order chi connectivity index (χ1) is 17.3. The van der Waals surface area contributed by atoms with Crippen LogP contribution in [0.4, 0.5) is 17.1 Å². The van der Waals surface area contributed by atoms with E-state index >= 15 is 0 Å². The van der Waals surface area contributed by atoms with Gasteiger partial charge in [0.15, 0.2) is 0 Å². The molecular weight excluding hydrogens is 514 g/mol. The molecule has 11 heteroatoms. The van der Waals surface area contributed by atoms with Gasteiger partial charge in [-0.2, -0.15) is 0 Å². The molecule has 0 unspecified atom stereocenters. The summed E-state index contributed by atoms with van der Waals surface area (Å²) < 4.78 is 59.5. The zero-order chi connectivity index (χ0) is 27.4. The highest BCUT2D eigenvalue weighted by Crippen LogP contribution is 2.25. The number of nitrogens with one attached hydrogen (secondary N) is 2. The summed E-state index contributed by atoms with van der Waals surface area (Å²) in [5, 5.41) is 2.66. The Balaban J connectivity index is 1.74. The number of carbonyl (C=O) groups is 1. The van der Waals surface area contributed by atoms with Gasteiger partial charge in [0.25, 0.3) is 10.0 Å². The molecule has 2 N–H and O–H groups in total. The van der Waals surface area contributed by atoms with Crippen molar-refractivity contribution in [2.75, 3.05) is 27.2 Å². The third kappa shape index (κ3) is 7.01. The summed E-state index contributed by atoms with van der Waals surface area (Å²) in [4.78, 5) is 13.0. The topological polar surface area (TPSA) is 122 Å². The molecule has 3 aromatic carbocycles. The van der Waals surface area contributed by atoms with Gasteiger partial charge in [0.2, 0.25) is 15.9 Å². The van der Waals surface area contributed by atoms with E-state index in [1.165, 1.54) is 31.2 Å². The SMILES string of the molecule is CCOc1ccc(NS(=O)(=O)c2ccc(NC(=O)[C@@H](C)N(c3ccc(C)c(C)c3)S(C)(=O)=O)cc2)cc1. The van der Waals surface area contributed by atoms with Gasteiger partial charge in [-0.1, -0.05) is 6.07 Å². The van der Waals surface area contributed by atoms with Crippen molar-refractivity contribution < 1.29 is 26.4 Å². The van der Waals surface area contributed by atoms with E-state index in [0.717, 1.165) is 21.7 Å². The summed E-state index contributed by atoms with van der Waals surface area (Å²) in [5.74, 6) is 0.0681. The van der Waals surface area contributed by atoms with Crippen molar-refractivity contribution in [3.63, 3.8) is 0 Å². The van der Waals surface area contributed by atoms with Gasteiger partial charge in [-0.3, -0.25) is 13.8 Å². The molecule has 0 aliphatic heterocycles. The zero-order valence-corrected chi connectivity index (χ0v) is 23.0. The lowest BCUT2D eigenvalue weighted by molar-refractivity contribution is -0.116. The molecule has 9 nitrogen and oxygen atoms in total. The molecule has 3 aromatic rings. The van der Waals surface area contributed by atoms with Gasteiger partial charge in [0.05, 0.1) is 23.4 Å². The first-order valence-corrected chi connectivity index (χ1v) is 14.9. The Kier molecular flexibility index (Phi) is 8.49. The molecule has 1 amide bonds. The minimum absolute atomic E-state index is 0.000301. The van der Waals surface area contributed by atoms with E-state index in [1.54, 1.807) is 42.5 Å². The minimum Gasteiger partial charge on any atom is -0.494 e. The number of aryl methyl sites for hydroxylation is 2. The van der Waals surface area contributed by atoms with Crippen molar-refractivity contribution in [1.29, 1.82) is 0 Å². The minimum atomic E-state index is -3.87. The van der Waals surface area contributed by atoms with Crippen LogP contribution in [0.5, 0.6) is 5.75 Å². The lowest BCUT2D eigenvalue weighted by atomic mass is 10.1. The summed E-state index contributed by atoms with van der Waals surface area (Å²) in [7, 11) is -7.64. The second-order valence-corrected chi connectivity index (χ2v) is 12.1. The predicted molar refractivity (Wildman–Crippen MR) is 146 cm³/mol. The van der Waals surface area contributed by atoms with Gasteiger partial charge in [-0.05, 0) is 99.5 Å². The first-order valence-electron chi connectivity index (χ1n) is 11.5. The van der Waals surface area contributed by atoms with Crippen LogP contribution in [0.25, 0.3) is 0 Å². The van der Waals surface area contributed by atoms with Gasteiger partial charge in [-0.15, -0.1) is 0 Å². The number of sulfonamides is 2. The van der Waals surface area contributed by atoms with E-state index < -0.39 is 32.0 Å². The van der Waals surface area contributed by atoms with Crippen molar-refractivity contribution in [3.8, 4) is 5.75 Å². The first kappa shape index (κ1) is 28.0. The average Bonchev–Trinajstić information content (AvgIpc) is 2.82. The molecular formula is C26H31N3O6S2. The number of anilines is 3. The molecule has 0 fully saturated rings. The molecule has 0 bridgehead atoms. The van der Waals surface area contributed by atoms with Crippen molar-refractivity contribution in [2.24, 2.45) is 0 Å². The number of nitrogens with zero attached hydrogens (tertiary/aromatic N) is 1. The number of hydrogen-bond acceptors (Lipinski definition) is 6. The fourth-order valence-electron chi connectivity index (χ4n) is 3.64. The van der Waals surface area contributed by atoms with Gasteiger partial charge < -0.3 is 10.1 Å². The summed E-state index contributed by atoms with van der Waals surface area (Å²) >= 11 is 0. The van der Waals surface area contributed by atoms with Crippen LogP contribution in [0.3, 0.4) is 0 Å². The smallest absolute Gasteiger partial charge is 0.261 e. The Labute approximate surface area is 218 Å². The maximum atomic E-state index is 13.0. The number of ether oxygens (including phenoxy) is 1. The summed E-state index contributed by atoms with van der Waals surface area (Å²) in [6.45, 7) is 7.63. The van der Waals surface area contributed by atoms with Crippen molar-refractivity contribution in [2.45, 2.75) is 38.6 Å². The fourth-order valence-corrected chi connectivity index (χ4v) is 5.86. The molecule has 1 atom stereocenters. The largest absolute Gasteiger partial charge is 0.494 e. The van der Waals surface area contributed by atoms with Gasteiger partial charge in [-0.25, -0.2) is 16.8 Å². The highest BCUT2D eigenvalue weighted by atomic mass is 32.2. The third-order valence-electron chi connectivity index (χ3n) is 5.68. The van der Waals surface area contributed by atoms with E-state index in [0.29, 0.717) is 29.4 Å². The van der Waals surface area contributed by atoms with Crippen LogP contribution in [-0.4, -0.2) is 41.6 Å². The molecule has 3 rings (SSSR count). The number of hydrogen-bond donors (Lipinski definition) is 2. The quantitative estimate of drug-likeness (QED) is 0.392. The highest BCUT2D eigenvalue weighted by Gasteiger charge is 2.29. The van der Waals surface area contributed by atoms with Gasteiger partial charge in [0, 0.05) is 11.4 Å². The molecule has 0 aromatic heterocycles. The lowest BCUT2D eigenvalue weighted by Gasteiger charge is -2.28. The molecule has 0 heterocycles. The van der Waals surface area contributed by atoms with Crippen LogP contribution >= 0.6 is 0 Å². The van der Waals surface area contributed by atoms with Crippen LogP contribution in [0.2, 0.25) is 0 Å². The molecule has 0 spiro atoms. The predicted octanol–water partition coefficient (Wildman–Crippen LogP) is 4.30. The molecule has 0 aliphatic carbocycles. The summed E-state index contributed by atoms with van der Waals surface area (Å²) in [6, 6.07) is 16.2. The van der Waals surface area contributed by atoms with E-state index in [9.17, 15) is 21.6 Å². The van der Waals surface area contributed by atoms with Crippen LogP contribution in [-0.2, 0) is 24.8 Å². The standard InChI is InChI=1S/C26H31N3O6S2/c1-6-35-24-13-8-22(9-14-24)28-37(33,34)25-15-10-21(11-16-25)27-26(30)20(4)29(36(5,31)32)23-12-7-18(2)19(3)17-23/h7-17,20,28H,6H2,1-5H3,(H,27,30)/t20-/m1/s1. The van der Waals surface area contributed by atoms with Crippen molar-refractivity contribution >= 4 is 43.0 Å². The van der Waals surface area contributed by atoms with Crippen LogP contribution in [0.1, 0.15) is 25.0 Å². The Morgan fingerprint density at radius 1 is 0.892 bits per heavy atom. The Morgan fingerprint density at radius 3 is 2.03 bits per heavy atom. The van der Waals surface area contributed by atoms with Crippen LogP contribution in [0.15, 0.2) is 71.6 Å². The molecule has 0 aliphatic rings. The number of rotatable bonds is 10. The maximum absolute atomic E-state index is 13.0. The van der Waals surface area contributed by atoms with Gasteiger partial charge >= 0.3 is 0 Å². The Bertz CT molecular complexity index is 1470. The second-order valence-electron chi connectivity index (χ2n) is 8.58. The summed E-state index contributed by atoms with van der Waals surface area (Å²) in [6.07, 6.45) is 1.04. The third-order valence-corrected chi connectivity index (χ3v) is 8.32. The highest BCUT2D eigenvalue weighted by molar-refractivity contribution is 7.92. The molecule has 0 saturated heterocycles. The number of carbonyl (C=O) groups excluding carboxylic acids is 1. The average molecular weight is 546 g/mol. The Morgan fingerprint density at radius 2 is 1.49 bits per heavy atom. The monoisotopic (exact) mass is 545 g/mol. The second kappa shape index (κ2) is 11.2. The van der Waals surface area contributed by atoms with Crippen LogP contribution in [0, 0.1) is 13.8 Å². The normalized spacial score (nSPS) is 12.5. The zero-order valence-electron chi connectivity index (χ0n) is 21.3. The Hall–Kier alpha value is -3.57. The maximum Gasteiger partial charge on any atom is 0.261 e.